The summed E-state index contributed by atoms with van der Waals surface area (Å²) in [7, 11) is -2.34. The second-order valence-electron chi connectivity index (χ2n) is 15.6. The molecule has 4 amide bonds. The van der Waals surface area contributed by atoms with Crippen LogP contribution >= 0.6 is 0 Å². The van der Waals surface area contributed by atoms with Gasteiger partial charge in [-0.15, -0.1) is 0 Å². The number of pyridine rings is 1. The van der Waals surface area contributed by atoms with E-state index in [0.717, 1.165) is 0 Å². The van der Waals surface area contributed by atoms with E-state index < -0.39 is 73.8 Å². The van der Waals surface area contributed by atoms with Crippen LogP contribution in [-0.2, 0) is 29.1 Å². The van der Waals surface area contributed by atoms with Crippen LogP contribution in [0.3, 0.4) is 0 Å². The van der Waals surface area contributed by atoms with Crippen molar-refractivity contribution in [2.24, 2.45) is 11.3 Å². The van der Waals surface area contributed by atoms with Crippen molar-refractivity contribution in [2.75, 3.05) is 13.7 Å². The average molecular weight is 732 g/mol. The summed E-state index contributed by atoms with van der Waals surface area (Å²) in [4.78, 5) is 60.9. The molecule has 0 aromatic carbocycles. The highest BCUT2D eigenvalue weighted by Gasteiger charge is 2.62. The molecule has 0 spiro atoms. The molecule has 1 saturated heterocycles. The first-order valence-electron chi connectivity index (χ1n) is 17.3. The molecule has 3 fully saturated rings. The van der Waals surface area contributed by atoms with Crippen LogP contribution < -0.4 is 24.8 Å². The number of methoxy groups -OCH3 is 1. The Kier molecular flexibility index (Phi) is 11.5. The number of nitrogens with one attached hydrogen (secondary N) is 3. The van der Waals surface area contributed by atoms with E-state index in [9.17, 15) is 27.6 Å². The number of likely N-dealkylation sites (tertiary alicyclic amines) is 1. The minimum Gasteiger partial charge on any atom is -0.494 e. The molecule has 51 heavy (non-hydrogen) atoms. The monoisotopic (exact) mass is 731 g/mol. The smallest absolute Gasteiger partial charge is 0.408 e. The third-order valence-electron chi connectivity index (χ3n) is 9.36. The molecule has 3 N–H and O–H groups in total. The maximum Gasteiger partial charge on any atom is 0.408 e. The molecule has 1 aromatic rings. The Balaban J connectivity index is 1.67. The van der Waals surface area contributed by atoms with Crippen molar-refractivity contribution in [3.63, 3.8) is 0 Å². The molecule has 282 valence electrons. The van der Waals surface area contributed by atoms with Crippen LogP contribution in [-0.4, -0.2) is 90.3 Å². The van der Waals surface area contributed by atoms with Crippen molar-refractivity contribution < 1.29 is 41.8 Å². The summed E-state index contributed by atoms with van der Waals surface area (Å²) >= 11 is 0. The number of alkyl carbamates (subject to hydrolysis) is 1. The van der Waals surface area contributed by atoms with Gasteiger partial charge in [0.25, 0.3) is 5.91 Å². The second kappa shape index (κ2) is 14.8. The highest BCUT2D eigenvalue weighted by Crippen LogP contribution is 2.47. The zero-order chi connectivity index (χ0) is 38.1. The summed E-state index contributed by atoms with van der Waals surface area (Å²) in [5.74, 6) is -1.48. The van der Waals surface area contributed by atoms with Crippen molar-refractivity contribution in [2.45, 2.75) is 122 Å². The van der Waals surface area contributed by atoms with Crippen molar-refractivity contribution in [1.82, 2.24) is 25.2 Å². The van der Waals surface area contributed by atoms with Gasteiger partial charge in [0.1, 0.15) is 35.1 Å². The van der Waals surface area contributed by atoms with Gasteiger partial charge in [0.2, 0.25) is 27.7 Å². The number of hydrogen-bond donors (Lipinski definition) is 3. The molecule has 5 atom stereocenters. The van der Waals surface area contributed by atoms with Gasteiger partial charge in [0.15, 0.2) is 0 Å². The molecular formula is C36H53N5O9S. The van der Waals surface area contributed by atoms with E-state index >= 15 is 0 Å². The number of nitrogens with zero attached hydrogens (tertiary/aromatic N) is 2. The normalized spacial score (nSPS) is 24.0. The average Bonchev–Trinajstić information content (AvgIpc) is 3.95. The Morgan fingerprint density at radius 3 is 2.35 bits per heavy atom. The fourth-order valence-corrected chi connectivity index (χ4v) is 7.67. The number of aromatic nitrogens is 1. The highest BCUT2D eigenvalue weighted by molar-refractivity contribution is 7.91. The van der Waals surface area contributed by atoms with E-state index in [-0.39, 0.29) is 31.2 Å². The van der Waals surface area contributed by atoms with Crippen molar-refractivity contribution in [3.05, 3.63) is 36.1 Å². The number of sulfonamides is 1. The number of carbonyl (C=O) groups is 4. The molecule has 3 aliphatic rings. The molecule has 2 heterocycles. The van der Waals surface area contributed by atoms with Crippen molar-refractivity contribution >= 4 is 39.9 Å². The van der Waals surface area contributed by atoms with Gasteiger partial charge in [0.05, 0.1) is 25.1 Å². The van der Waals surface area contributed by atoms with E-state index in [1.165, 1.54) is 18.2 Å². The van der Waals surface area contributed by atoms with Gasteiger partial charge in [-0.1, -0.05) is 58.9 Å². The molecule has 2 aliphatic carbocycles. The summed E-state index contributed by atoms with van der Waals surface area (Å²) in [6, 6.07) is -2.24. The summed E-state index contributed by atoms with van der Waals surface area (Å²) in [5.41, 5.74) is -1.70. The van der Waals surface area contributed by atoms with Gasteiger partial charge in [-0.3, -0.25) is 19.1 Å². The lowest BCUT2D eigenvalue weighted by molar-refractivity contribution is -0.143. The maximum atomic E-state index is 14.4. The summed E-state index contributed by atoms with van der Waals surface area (Å²) in [6.07, 6.45) is 6.93. The minimum atomic E-state index is -3.87. The Morgan fingerprint density at radius 1 is 1.16 bits per heavy atom. The Hall–Kier alpha value is -4.14. The molecule has 1 aromatic heterocycles. The van der Waals surface area contributed by atoms with Crippen molar-refractivity contribution in [1.29, 1.82) is 0 Å². The van der Waals surface area contributed by atoms with Crippen LogP contribution in [0.15, 0.2) is 24.9 Å². The molecule has 0 bridgehead atoms. The van der Waals surface area contributed by atoms with Crippen LogP contribution in [0.2, 0.25) is 0 Å². The highest BCUT2D eigenvalue weighted by atomic mass is 32.2. The number of carbonyl (C=O) groups excluding carboxylic acids is 4. The zero-order valence-corrected chi connectivity index (χ0v) is 31.9. The first-order valence-corrected chi connectivity index (χ1v) is 18.9. The number of hydrogen-bond acceptors (Lipinski definition) is 10. The Bertz CT molecular complexity index is 1680. The Morgan fingerprint density at radius 2 is 1.82 bits per heavy atom. The molecule has 0 unspecified atom stereocenters. The lowest BCUT2D eigenvalue weighted by atomic mass is 9.85. The fraction of sp³-hybridized carbons (Fsp3) is 0.639. The Labute approximate surface area is 301 Å². The fourth-order valence-electron chi connectivity index (χ4n) is 6.30. The van der Waals surface area contributed by atoms with E-state index in [0.29, 0.717) is 36.1 Å². The van der Waals surface area contributed by atoms with Gasteiger partial charge in [0, 0.05) is 17.5 Å². The molecule has 0 radical (unpaired) electrons. The summed E-state index contributed by atoms with van der Waals surface area (Å²) in [5, 5.41) is 4.92. The lowest BCUT2D eigenvalue weighted by Gasteiger charge is -2.36. The molecule has 15 heteroatoms. The summed E-state index contributed by atoms with van der Waals surface area (Å²) in [6.45, 7) is 17.8. The first-order chi connectivity index (χ1) is 23.7. The van der Waals surface area contributed by atoms with Gasteiger partial charge in [-0.25, -0.2) is 18.2 Å². The number of ether oxygens (including phenoxy) is 3. The van der Waals surface area contributed by atoms with Crippen LogP contribution in [0.4, 0.5) is 4.79 Å². The molecule has 1 aliphatic heterocycles. The topological polar surface area (TPSA) is 182 Å². The predicted octanol–water partition coefficient (Wildman–Crippen LogP) is 3.78. The summed E-state index contributed by atoms with van der Waals surface area (Å²) < 4.78 is 44.9. The SMILES string of the molecule is C=C/C=C\c1c(OC)cnc(O[C@@H]2C[C@@H](C(=O)N[C@]3(C(=O)NS(=O)(=O)C4CC4)C[C@H]3CC)N(C(=O)[C@@H](NC(=O)OC(C)(C)C)C(C)(C)C)C2)c1C. The maximum absolute atomic E-state index is 14.4. The third kappa shape index (κ3) is 9.21. The predicted molar refractivity (Wildman–Crippen MR) is 191 cm³/mol. The minimum absolute atomic E-state index is 0.0285. The first kappa shape index (κ1) is 39.6. The van der Waals surface area contributed by atoms with Gasteiger partial charge >= 0.3 is 6.09 Å². The number of allylic oxidation sites excluding steroid dienone is 2. The van der Waals surface area contributed by atoms with E-state index in [1.807, 2.05) is 13.8 Å². The standard InChI is InChI=1S/C36H53N5O9S/c1-11-13-14-25-21(3)30(37-19-27(25)48-10)49-23-17-26(41(20-23)31(43)28(34(4,5)6)38-33(45)50-35(7,8)9)29(42)39-36(18-22(36)12-2)32(44)40-51(46,47)24-15-16-24/h11,13-14,19,22-24,26,28H,1,12,15-18,20H2,2-10H3,(H,38,45)(H,39,42)(H,40,44)/b14-13-/t22-,23-,26+,28-,36-/m1/s1. The van der Waals surface area contributed by atoms with E-state index in [2.05, 4.69) is 26.9 Å². The van der Waals surface area contributed by atoms with Gasteiger partial charge < -0.3 is 29.7 Å². The lowest BCUT2D eigenvalue weighted by Crippen LogP contribution is -2.60. The van der Waals surface area contributed by atoms with Crippen LogP contribution in [0.25, 0.3) is 6.08 Å². The zero-order valence-electron chi connectivity index (χ0n) is 31.1. The van der Waals surface area contributed by atoms with Gasteiger partial charge in [-0.2, -0.15) is 0 Å². The molecule has 14 nitrogen and oxygen atoms in total. The van der Waals surface area contributed by atoms with Crippen LogP contribution in [0.1, 0.15) is 91.7 Å². The third-order valence-corrected chi connectivity index (χ3v) is 11.2. The number of rotatable bonds is 13. The largest absolute Gasteiger partial charge is 0.494 e. The molecular weight excluding hydrogens is 678 g/mol. The van der Waals surface area contributed by atoms with Crippen LogP contribution in [0.5, 0.6) is 11.6 Å². The molecule has 4 rings (SSSR count). The van der Waals surface area contributed by atoms with E-state index in [1.54, 1.807) is 59.8 Å². The van der Waals surface area contributed by atoms with E-state index in [4.69, 9.17) is 14.2 Å². The molecule has 2 saturated carbocycles. The van der Waals surface area contributed by atoms with Gasteiger partial charge in [-0.05, 0) is 58.3 Å². The number of amides is 4. The van der Waals surface area contributed by atoms with Crippen LogP contribution in [0, 0.1) is 18.3 Å². The second-order valence-corrected chi connectivity index (χ2v) is 17.6. The van der Waals surface area contributed by atoms with Crippen molar-refractivity contribution in [3.8, 4) is 11.6 Å². The quantitative estimate of drug-likeness (QED) is 0.253.